The van der Waals surface area contributed by atoms with Gasteiger partial charge in [-0.05, 0) is 45.7 Å². The molecule has 1 aromatic heterocycles. The fourth-order valence-corrected chi connectivity index (χ4v) is 2.66. The number of nitrogens with zero attached hydrogens (tertiary/aromatic N) is 4. The number of likely N-dealkylation sites (N-methyl/N-ethyl adjacent to an activating group) is 1. The van der Waals surface area contributed by atoms with E-state index in [2.05, 4.69) is 26.5 Å². The maximum Gasteiger partial charge on any atom is 0.169 e. The molecule has 102 valence electrons. The van der Waals surface area contributed by atoms with Gasteiger partial charge < -0.3 is 10.2 Å². The van der Waals surface area contributed by atoms with Crippen molar-refractivity contribution in [2.24, 2.45) is 0 Å². The van der Waals surface area contributed by atoms with E-state index in [1.54, 1.807) is 0 Å². The highest BCUT2D eigenvalue weighted by Crippen LogP contribution is 2.27. The van der Waals surface area contributed by atoms with Gasteiger partial charge in [-0.2, -0.15) is 10.4 Å². The summed E-state index contributed by atoms with van der Waals surface area (Å²) in [4.78, 5) is 2.25. The molecule has 5 nitrogen and oxygen atoms in total. The van der Waals surface area contributed by atoms with E-state index in [-0.39, 0.29) is 0 Å². The van der Waals surface area contributed by atoms with E-state index < -0.39 is 0 Å². The largest absolute Gasteiger partial charge is 0.350 e. The first kappa shape index (κ1) is 13.8. The molecular formula is C14H21N5. The van der Waals surface area contributed by atoms with E-state index >= 15 is 0 Å². The molecule has 19 heavy (non-hydrogen) atoms. The lowest BCUT2D eigenvalue weighted by Gasteiger charge is -2.37. The summed E-state index contributed by atoms with van der Waals surface area (Å²) in [5.41, 5.74) is 2.46. The summed E-state index contributed by atoms with van der Waals surface area (Å²) in [7, 11) is 1.96. The fraction of sp³-hybridized carbons (Fsp3) is 0.643. The lowest BCUT2D eigenvalue weighted by molar-refractivity contribution is 0.442. The highest BCUT2D eigenvalue weighted by molar-refractivity contribution is 5.58. The highest BCUT2D eigenvalue weighted by atomic mass is 15.3. The van der Waals surface area contributed by atoms with Gasteiger partial charge in [-0.15, -0.1) is 5.10 Å². The Bertz CT molecular complexity index is 489. The number of nitriles is 1. The third-order valence-electron chi connectivity index (χ3n) is 3.89. The number of rotatable bonds is 3. The first-order valence-corrected chi connectivity index (χ1v) is 6.84. The van der Waals surface area contributed by atoms with Gasteiger partial charge in [0.15, 0.2) is 5.82 Å². The van der Waals surface area contributed by atoms with Crippen LogP contribution in [0.5, 0.6) is 0 Å². The Morgan fingerprint density at radius 1 is 1.37 bits per heavy atom. The molecule has 0 aromatic carbocycles. The van der Waals surface area contributed by atoms with Crippen molar-refractivity contribution >= 4 is 5.82 Å². The molecule has 1 saturated heterocycles. The van der Waals surface area contributed by atoms with E-state index in [0.29, 0.717) is 11.6 Å². The van der Waals surface area contributed by atoms with Crippen molar-refractivity contribution in [3.05, 3.63) is 16.8 Å². The van der Waals surface area contributed by atoms with Crippen LogP contribution in [-0.2, 0) is 0 Å². The Morgan fingerprint density at radius 3 is 2.84 bits per heavy atom. The average Bonchev–Trinajstić information content (AvgIpc) is 2.43. The molecule has 0 amide bonds. The zero-order chi connectivity index (χ0) is 13.8. The van der Waals surface area contributed by atoms with Crippen LogP contribution in [-0.4, -0.2) is 36.4 Å². The maximum atomic E-state index is 9.41. The number of nitrogens with one attached hydrogen (secondary N) is 1. The SMILES string of the molecule is CNCC1CCCCN1c1nnc(C)c(C)c1C#N. The van der Waals surface area contributed by atoms with Crippen LogP contribution in [0, 0.1) is 25.2 Å². The van der Waals surface area contributed by atoms with Crippen LogP contribution >= 0.6 is 0 Å². The van der Waals surface area contributed by atoms with Gasteiger partial charge >= 0.3 is 0 Å². The number of hydrogen-bond acceptors (Lipinski definition) is 5. The van der Waals surface area contributed by atoms with Gasteiger partial charge in [0.1, 0.15) is 11.6 Å². The molecule has 1 aliphatic heterocycles. The second-order valence-corrected chi connectivity index (χ2v) is 5.12. The maximum absolute atomic E-state index is 9.41. The minimum Gasteiger partial charge on any atom is -0.350 e. The number of hydrogen-bond donors (Lipinski definition) is 1. The number of anilines is 1. The summed E-state index contributed by atoms with van der Waals surface area (Å²) in [6.07, 6.45) is 3.53. The molecule has 5 heteroatoms. The molecule has 1 fully saturated rings. The fourth-order valence-electron chi connectivity index (χ4n) is 2.66. The van der Waals surface area contributed by atoms with Gasteiger partial charge in [-0.3, -0.25) is 0 Å². The van der Waals surface area contributed by atoms with Gasteiger partial charge in [-0.1, -0.05) is 0 Å². The van der Waals surface area contributed by atoms with Crippen LogP contribution in [0.4, 0.5) is 5.82 Å². The minimum atomic E-state index is 0.405. The smallest absolute Gasteiger partial charge is 0.169 e. The lowest BCUT2D eigenvalue weighted by atomic mass is 10.0. The zero-order valence-corrected chi connectivity index (χ0v) is 11.9. The van der Waals surface area contributed by atoms with E-state index in [1.807, 2.05) is 20.9 Å². The molecule has 1 aromatic rings. The Kier molecular flexibility index (Phi) is 4.33. The van der Waals surface area contributed by atoms with Crippen LogP contribution in [0.15, 0.2) is 0 Å². The van der Waals surface area contributed by atoms with Crippen LogP contribution in [0.2, 0.25) is 0 Å². The van der Waals surface area contributed by atoms with E-state index in [0.717, 1.165) is 43.0 Å². The molecule has 0 aliphatic carbocycles. The quantitative estimate of drug-likeness (QED) is 0.892. The second-order valence-electron chi connectivity index (χ2n) is 5.12. The number of aromatic nitrogens is 2. The van der Waals surface area contributed by atoms with Crippen LogP contribution < -0.4 is 10.2 Å². The topological polar surface area (TPSA) is 64.8 Å². The zero-order valence-electron chi connectivity index (χ0n) is 11.9. The number of aryl methyl sites for hydroxylation is 1. The Labute approximate surface area is 114 Å². The molecule has 1 N–H and O–H groups in total. The predicted octanol–water partition coefficient (Wildman–Crippen LogP) is 1.54. The molecule has 0 saturated carbocycles. The summed E-state index contributed by atoms with van der Waals surface area (Å²) in [5.74, 6) is 0.755. The molecule has 2 heterocycles. The third kappa shape index (κ3) is 2.69. The Morgan fingerprint density at radius 2 is 2.16 bits per heavy atom. The van der Waals surface area contributed by atoms with Crippen molar-refractivity contribution in [1.82, 2.24) is 15.5 Å². The van der Waals surface area contributed by atoms with Crippen molar-refractivity contribution < 1.29 is 0 Å². The normalized spacial score (nSPS) is 19.3. The molecule has 0 bridgehead atoms. The van der Waals surface area contributed by atoms with Gasteiger partial charge in [0.2, 0.25) is 0 Å². The standard InChI is InChI=1S/C14H21N5/c1-10-11(2)17-18-14(13(10)8-15)19-7-5-4-6-12(19)9-16-3/h12,16H,4-7,9H2,1-3H3. The van der Waals surface area contributed by atoms with E-state index in [1.165, 1.54) is 6.42 Å². The Hall–Kier alpha value is -1.67. The molecule has 1 aliphatic rings. The summed E-state index contributed by atoms with van der Waals surface area (Å²) in [5, 5.41) is 21.1. The molecule has 1 atom stereocenters. The van der Waals surface area contributed by atoms with Gasteiger partial charge in [0.05, 0.1) is 5.69 Å². The van der Waals surface area contributed by atoms with Gasteiger partial charge in [0, 0.05) is 19.1 Å². The van der Waals surface area contributed by atoms with Crippen molar-refractivity contribution in [3.8, 4) is 6.07 Å². The summed E-state index contributed by atoms with van der Waals surface area (Å²) in [6, 6.07) is 2.70. The third-order valence-corrected chi connectivity index (χ3v) is 3.89. The first-order chi connectivity index (χ1) is 9.19. The summed E-state index contributed by atoms with van der Waals surface area (Å²) >= 11 is 0. The molecule has 1 unspecified atom stereocenters. The van der Waals surface area contributed by atoms with Crippen LogP contribution in [0.3, 0.4) is 0 Å². The highest BCUT2D eigenvalue weighted by Gasteiger charge is 2.26. The van der Waals surface area contributed by atoms with Crippen molar-refractivity contribution in [1.29, 1.82) is 5.26 Å². The van der Waals surface area contributed by atoms with Gasteiger partial charge in [0.25, 0.3) is 0 Å². The number of piperidine rings is 1. The van der Waals surface area contributed by atoms with Crippen LogP contribution in [0.1, 0.15) is 36.1 Å². The minimum absolute atomic E-state index is 0.405. The van der Waals surface area contributed by atoms with E-state index in [9.17, 15) is 5.26 Å². The summed E-state index contributed by atoms with van der Waals surface area (Å²) < 4.78 is 0. The average molecular weight is 259 g/mol. The first-order valence-electron chi connectivity index (χ1n) is 6.84. The van der Waals surface area contributed by atoms with Gasteiger partial charge in [-0.25, -0.2) is 0 Å². The van der Waals surface area contributed by atoms with Crippen molar-refractivity contribution in [3.63, 3.8) is 0 Å². The van der Waals surface area contributed by atoms with Crippen molar-refractivity contribution in [2.75, 3.05) is 25.0 Å². The van der Waals surface area contributed by atoms with Crippen molar-refractivity contribution in [2.45, 2.75) is 39.2 Å². The van der Waals surface area contributed by atoms with Crippen LogP contribution in [0.25, 0.3) is 0 Å². The second kappa shape index (κ2) is 5.98. The van der Waals surface area contributed by atoms with E-state index in [4.69, 9.17) is 0 Å². The summed E-state index contributed by atoms with van der Waals surface area (Å²) in [6.45, 7) is 5.72. The predicted molar refractivity (Wildman–Crippen MR) is 75.1 cm³/mol. The lowest BCUT2D eigenvalue weighted by Crippen LogP contribution is -2.46. The molecule has 2 rings (SSSR count). The monoisotopic (exact) mass is 259 g/mol. The Balaban J connectivity index is 2.39. The molecule has 0 spiro atoms. The molecular weight excluding hydrogens is 238 g/mol. The molecule has 0 radical (unpaired) electrons.